The van der Waals surface area contributed by atoms with Crippen LogP contribution in [-0.2, 0) is 19.1 Å². The summed E-state index contributed by atoms with van der Waals surface area (Å²) >= 11 is 0. The van der Waals surface area contributed by atoms with Crippen LogP contribution in [0.25, 0.3) is 0 Å². The Morgan fingerprint density at radius 1 is 0.719 bits per heavy atom. The predicted molar refractivity (Wildman–Crippen MR) is 124 cm³/mol. The summed E-state index contributed by atoms with van der Waals surface area (Å²) < 4.78 is 10.2. The van der Waals surface area contributed by atoms with Gasteiger partial charge in [0.1, 0.15) is 0 Å². The average molecular weight is 441 g/mol. The van der Waals surface area contributed by atoms with Gasteiger partial charge < -0.3 is 19.7 Å². The van der Waals surface area contributed by atoms with Gasteiger partial charge in [-0.1, -0.05) is 84.9 Å². The van der Waals surface area contributed by atoms with Gasteiger partial charge in [0.2, 0.25) is 0 Å². The van der Waals surface area contributed by atoms with E-state index in [-0.39, 0.29) is 17.8 Å². The van der Waals surface area contributed by atoms with Crippen molar-refractivity contribution in [2.24, 2.45) is 0 Å². The molecule has 6 nitrogen and oxygen atoms in total. The molecule has 2 aromatic carbocycles. The maximum atomic E-state index is 10.8. The molecule has 0 saturated carbocycles. The van der Waals surface area contributed by atoms with Gasteiger partial charge in [-0.3, -0.25) is 0 Å². The van der Waals surface area contributed by atoms with E-state index in [2.05, 4.69) is 6.58 Å². The van der Waals surface area contributed by atoms with Crippen molar-refractivity contribution < 1.29 is 29.3 Å². The molecule has 2 saturated heterocycles. The number of hydrogen-bond donors (Lipinski definition) is 2. The number of benzene rings is 2. The van der Waals surface area contributed by atoms with Crippen molar-refractivity contribution in [3.05, 3.63) is 96.1 Å². The maximum Gasteiger partial charge on any atom is 0.331 e. The van der Waals surface area contributed by atoms with Gasteiger partial charge in [-0.15, -0.1) is 0 Å². The quantitative estimate of drug-likeness (QED) is 0.485. The Balaban J connectivity index is 0.000000238. The maximum absolute atomic E-state index is 10.8. The second kappa shape index (κ2) is 15.6. The van der Waals surface area contributed by atoms with E-state index in [4.69, 9.17) is 19.7 Å². The van der Waals surface area contributed by atoms with Gasteiger partial charge >= 0.3 is 11.9 Å². The van der Waals surface area contributed by atoms with Crippen molar-refractivity contribution in [1.82, 2.24) is 0 Å². The fourth-order valence-electron chi connectivity index (χ4n) is 2.23. The number of ether oxygens (including phenoxy) is 2. The Bertz CT molecular complexity index is 724. The molecule has 32 heavy (non-hydrogen) atoms. The van der Waals surface area contributed by atoms with Gasteiger partial charge in [0.15, 0.2) is 0 Å². The van der Waals surface area contributed by atoms with Crippen LogP contribution in [0.15, 0.2) is 96.1 Å². The number of aliphatic carboxylic acids is 2. The summed E-state index contributed by atoms with van der Waals surface area (Å²) in [5.74, 6) is -1.77. The average Bonchev–Trinajstić information content (AvgIpc) is 3.73. The highest BCUT2D eigenvalue weighted by molar-refractivity contribution is 5.86. The Kier molecular flexibility index (Phi) is 13.0. The molecule has 2 aromatic rings. The fraction of sp³-hybridized carbons (Fsp3) is 0.308. The summed E-state index contributed by atoms with van der Waals surface area (Å²) in [7, 11) is 0. The summed E-state index contributed by atoms with van der Waals surface area (Å²) in [6.45, 7) is 7.79. The summed E-state index contributed by atoms with van der Waals surface area (Å²) in [6, 6.07) is 24.0. The lowest BCUT2D eigenvalue weighted by atomic mass is 10.00. The van der Waals surface area contributed by atoms with E-state index in [1.807, 2.05) is 72.8 Å². The second-order valence-corrected chi connectivity index (χ2v) is 7.25. The SMILES string of the molecule is C=C(C)C(=O)O.CC(C(=O)O)=C(CC1CO1)CC1CO1.c1ccccc1.c1ccccc1. The van der Waals surface area contributed by atoms with Crippen LogP contribution in [0.5, 0.6) is 0 Å². The monoisotopic (exact) mass is 440 g/mol. The Morgan fingerprint density at radius 2 is 0.969 bits per heavy atom. The van der Waals surface area contributed by atoms with Crippen LogP contribution in [0, 0.1) is 0 Å². The number of carbonyl (C=O) groups is 2. The molecule has 2 aliphatic rings. The van der Waals surface area contributed by atoms with Crippen LogP contribution in [-0.4, -0.2) is 47.6 Å². The smallest absolute Gasteiger partial charge is 0.331 e. The van der Waals surface area contributed by atoms with Crippen LogP contribution >= 0.6 is 0 Å². The first-order valence-corrected chi connectivity index (χ1v) is 10.3. The van der Waals surface area contributed by atoms with Crippen molar-refractivity contribution in [3.63, 3.8) is 0 Å². The molecule has 172 valence electrons. The number of epoxide rings is 2. The van der Waals surface area contributed by atoms with Crippen LogP contribution < -0.4 is 0 Å². The number of carboxylic acid groups (broad SMARTS) is 2. The molecule has 2 atom stereocenters. The number of hydrogen-bond acceptors (Lipinski definition) is 4. The molecule has 2 aliphatic heterocycles. The fourth-order valence-corrected chi connectivity index (χ4v) is 2.23. The van der Waals surface area contributed by atoms with Gasteiger partial charge in [-0.25, -0.2) is 9.59 Å². The molecule has 2 N–H and O–H groups in total. The van der Waals surface area contributed by atoms with E-state index in [9.17, 15) is 9.59 Å². The molecule has 0 radical (unpaired) electrons. The van der Waals surface area contributed by atoms with Gasteiger partial charge in [0.05, 0.1) is 25.4 Å². The van der Waals surface area contributed by atoms with Gasteiger partial charge in [0, 0.05) is 11.1 Å². The van der Waals surface area contributed by atoms with Gasteiger partial charge in [-0.2, -0.15) is 0 Å². The molecule has 2 unspecified atom stereocenters. The van der Waals surface area contributed by atoms with Crippen molar-refractivity contribution in [2.75, 3.05) is 13.2 Å². The number of rotatable bonds is 6. The lowest BCUT2D eigenvalue weighted by molar-refractivity contribution is -0.133. The largest absolute Gasteiger partial charge is 0.478 e. The van der Waals surface area contributed by atoms with Crippen LogP contribution in [0.3, 0.4) is 0 Å². The summed E-state index contributed by atoms with van der Waals surface area (Å²) in [6.07, 6.45) is 1.99. The van der Waals surface area contributed by atoms with Crippen LogP contribution in [0.1, 0.15) is 26.7 Å². The van der Waals surface area contributed by atoms with E-state index in [0.29, 0.717) is 5.57 Å². The van der Waals surface area contributed by atoms with Crippen LogP contribution in [0.2, 0.25) is 0 Å². The van der Waals surface area contributed by atoms with Crippen LogP contribution in [0.4, 0.5) is 0 Å². The third-order valence-electron chi connectivity index (χ3n) is 4.30. The standard InChI is InChI=1S/C10H14O4.2C6H6.C4H6O2/c1-6(10(11)12)7(2-8-4-13-8)3-9-5-14-9;2*1-2-4-6-5-3-1;1-3(2)4(5)6/h8-9H,2-5H2,1H3,(H,11,12);2*1-6H;1H2,2H3,(H,5,6). The first kappa shape index (κ1) is 26.8. The molecule has 2 fully saturated rings. The zero-order valence-corrected chi connectivity index (χ0v) is 18.6. The first-order valence-electron chi connectivity index (χ1n) is 10.3. The minimum absolute atomic E-state index is 0.176. The van der Waals surface area contributed by atoms with Crippen molar-refractivity contribution in [1.29, 1.82) is 0 Å². The normalized spacial score (nSPS) is 16.8. The zero-order valence-electron chi connectivity index (χ0n) is 18.6. The van der Waals surface area contributed by atoms with Crippen molar-refractivity contribution in [3.8, 4) is 0 Å². The molecule has 0 aliphatic carbocycles. The summed E-state index contributed by atoms with van der Waals surface area (Å²) in [4.78, 5) is 20.4. The van der Waals surface area contributed by atoms with E-state index in [1.165, 1.54) is 6.92 Å². The zero-order chi connectivity index (χ0) is 23.8. The second-order valence-electron chi connectivity index (χ2n) is 7.25. The highest BCUT2D eigenvalue weighted by Gasteiger charge is 2.30. The summed E-state index contributed by atoms with van der Waals surface area (Å²) in [5, 5.41) is 16.8. The molecular formula is C26H32O6. The molecular weight excluding hydrogens is 408 g/mol. The lowest BCUT2D eigenvalue weighted by Gasteiger charge is -2.06. The molecule has 0 bridgehead atoms. The Morgan fingerprint density at radius 3 is 1.12 bits per heavy atom. The van der Waals surface area contributed by atoms with Gasteiger partial charge in [0.25, 0.3) is 0 Å². The molecule has 0 aromatic heterocycles. The van der Waals surface area contributed by atoms with E-state index < -0.39 is 11.9 Å². The molecule has 6 heteroatoms. The van der Waals surface area contributed by atoms with E-state index in [0.717, 1.165) is 31.6 Å². The molecule has 0 spiro atoms. The highest BCUT2D eigenvalue weighted by Crippen LogP contribution is 2.28. The highest BCUT2D eigenvalue weighted by atomic mass is 16.6. The molecule has 4 rings (SSSR count). The van der Waals surface area contributed by atoms with E-state index >= 15 is 0 Å². The lowest BCUT2D eigenvalue weighted by Crippen LogP contribution is -2.05. The Labute approximate surface area is 189 Å². The minimum Gasteiger partial charge on any atom is -0.478 e. The Hall–Kier alpha value is -3.22. The predicted octanol–water partition coefficient (Wildman–Crippen LogP) is 4.99. The van der Waals surface area contributed by atoms with E-state index in [1.54, 1.807) is 6.92 Å². The number of carboxylic acids is 2. The third kappa shape index (κ3) is 14.7. The van der Waals surface area contributed by atoms with Crippen molar-refractivity contribution in [2.45, 2.75) is 38.9 Å². The molecule has 2 heterocycles. The van der Waals surface area contributed by atoms with Crippen molar-refractivity contribution >= 4 is 11.9 Å². The minimum atomic E-state index is -0.935. The molecule has 0 amide bonds. The topological polar surface area (TPSA) is 99.7 Å². The first-order chi connectivity index (χ1) is 15.3. The van der Waals surface area contributed by atoms with Gasteiger partial charge in [-0.05, 0) is 26.7 Å². The third-order valence-corrected chi connectivity index (χ3v) is 4.30. The summed E-state index contributed by atoms with van der Waals surface area (Å²) in [5.41, 5.74) is 1.61.